The maximum Gasteiger partial charge on any atom is 0.358 e. The van der Waals surface area contributed by atoms with E-state index in [9.17, 15) is 4.79 Å². The van der Waals surface area contributed by atoms with Crippen LogP contribution in [0.2, 0.25) is 0 Å². The second kappa shape index (κ2) is 4.69. The van der Waals surface area contributed by atoms with E-state index in [2.05, 4.69) is 26.9 Å². The average molecular weight is 235 g/mol. The molecule has 0 aliphatic heterocycles. The summed E-state index contributed by atoms with van der Waals surface area (Å²) in [4.78, 5) is 19.4. The number of anilines is 1. The molecule has 0 spiro atoms. The van der Waals surface area contributed by atoms with Gasteiger partial charge in [-0.05, 0) is 25.7 Å². The van der Waals surface area contributed by atoms with E-state index < -0.39 is 5.97 Å². The molecule has 0 bridgehead atoms. The van der Waals surface area contributed by atoms with Crippen LogP contribution in [0.5, 0.6) is 0 Å². The topological polar surface area (TPSA) is 64.1 Å². The van der Waals surface area contributed by atoms with E-state index >= 15 is 0 Å². The Hall–Kier alpha value is -1.65. The zero-order valence-corrected chi connectivity index (χ0v) is 10.2. The molecule has 0 amide bonds. The van der Waals surface area contributed by atoms with Crippen LogP contribution in [0.4, 0.5) is 5.82 Å². The number of esters is 1. The van der Waals surface area contributed by atoms with Crippen LogP contribution in [0.15, 0.2) is 12.4 Å². The molecule has 1 aliphatic carbocycles. The molecular formula is C12H17N3O2. The maximum atomic E-state index is 11.2. The van der Waals surface area contributed by atoms with Gasteiger partial charge in [0.25, 0.3) is 0 Å². The lowest BCUT2D eigenvalue weighted by Crippen LogP contribution is -2.44. The number of rotatable bonds is 4. The fraction of sp³-hybridized carbons (Fsp3) is 0.583. The van der Waals surface area contributed by atoms with Crippen LogP contribution >= 0.6 is 0 Å². The van der Waals surface area contributed by atoms with Crippen molar-refractivity contribution >= 4 is 11.8 Å². The summed E-state index contributed by atoms with van der Waals surface area (Å²) in [7, 11) is 1.33. The third kappa shape index (κ3) is 2.38. The van der Waals surface area contributed by atoms with E-state index in [1.165, 1.54) is 32.6 Å². The first-order chi connectivity index (χ1) is 8.19. The van der Waals surface area contributed by atoms with Crippen LogP contribution in [-0.2, 0) is 4.74 Å². The highest BCUT2D eigenvalue weighted by Crippen LogP contribution is 2.37. The highest BCUT2D eigenvalue weighted by molar-refractivity contribution is 5.86. The van der Waals surface area contributed by atoms with Gasteiger partial charge in [0.1, 0.15) is 5.82 Å². The zero-order chi connectivity index (χ0) is 12.3. The van der Waals surface area contributed by atoms with Crippen LogP contribution in [0.1, 0.15) is 43.1 Å². The van der Waals surface area contributed by atoms with Crippen molar-refractivity contribution in [1.82, 2.24) is 9.97 Å². The van der Waals surface area contributed by atoms with Gasteiger partial charge < -0.3 is 10.1 Å². The summed E-state index contributed by atoms with van der Waals surface area (Å²) >= 11 is 0. The van der Waals surface area contributed by atoms with Gasteiger partial charge in [0.15, 0.2) is 5.69 Å². The molecule has 1 aliphatic rings. The van der Waals surface area contributed by atoms with Crippen LogP contribution in [0.25, 0.3) is 0 Å². The quantitative estimate of drug-likeness (QED) is 0.809. The number of hydrogen-bond acceptors (Lipinski definition) is 5. The molecule has 1 aromatic rings. The zero-order valence-electron chi connectivity index (χ0n) is 10.2. The van der Waals surface area contributed by atoms with Gasteiger partial charge in [-0.1, -0.05) is 6.92 Å². The minimum Gasteiger partial charge on any atom is -0.464 e. The van der Waals surface area contributed by atoms with Gasteiger partial charge in [0, 0.05) is 5.54 Å². The summed E-state index contributed by atoms with van der Waals surface area (Å²) < 4.78 is 4.57. The lowest BCUT2D eigenvalue weighted by Gasteiger charge is -2.42. The molecule has 2 rings (SSSR count). The van der Waals surface area contributed by atoms with Crippen molar-refractivity contribution < 1.29 is 9.53 Å². The van der Waals surface area contributed by atoms with Crippen LogP contribution < -0.4 is 5.32 Å². The maximum absolute atomic E-state index is 11.2. The van der Waals surface area contributed by atoms with E-state index in [0.717, 1.165) is 12.2 Å². The lowest BCUT2D eigenvalue weighted by atomic mass is 9.75. The predicted molar refractivity (Wildman–Crippen MR) is 63.9 cm³/mol. The predicted octanol–water partition coefficient (Wildman–Crippen LogP) is 2.01. The summed E-state index contributed by atoms with van der Waals surface area (Å²) in [5, 5.41) is 3.40. The largest absolute Gasteiger partial charge is 0.464 e. The molecule has 92 valence electrons. The first kappa shape index (κ1) is 11.8. The van der Waals surface area contributed by atoms with E-state index in [4.69, 9.17) is 0 Å². The minimum atomic E-state index is -0.460. The molecule has 0 radical (unpaired) electrons. The fourth-order valence-electron chi connectivity index (χ4n) is 2.04. The van der Waals surface area contributed by atoms with Gasteiger partial charge in [-0.25, -0.2) is 14.8 Å². The van der Waals surface area contributed by atoms with E-state index in [1.54, 1.807) is 6.20 Å². The van der Waals surface area contributed by atoms with Gasteiger partial charge in [-0.3, -0.25) is 0 Å². The Morgan fingerprint density at radius 3 is 2.65 bits per heavy atom. The number of hydrogen-bond donors (Lipinski definition) is 1. The lowest BCUT2D eigenvalue weighted by molar-refractivity contribution is 0.0593. The monoisotopic (exact) mass is 235 g/mol. The first-order valence-corrected chi connectivity index (χ1v) is 5.88. The number of carbonyl (C=O) groups is 1. The summed E-state index contributed by atoms with van der Waals surface area (Å²) in [6.45, 7) is 2.17. The van der Waals surface area contributed by atoms with Crippen molar-refractivity contribution in [2.75, 3.05) is 12.4 Å². The van der Waals surface area contributed by atoms with Crippen molar-refractivity contribution in [2.45, 2.75) is 38.1 Å². The summed E-state index contributed by atoms with van der Waals surface area (Å²) in [6.07, 6.45) is 7.70. The van der Waals surface area contributed by atoms with Crippen LogP contribution in [-0.4, -0.2) is 28.6 Å². The van der Waals surface area contributed by atoms with Crippen molar-refractivity contribution in [3.05, 3.63) is 18.1 Å². The molecule has 0 saturated heterocycles. The standard InChI is InChI=1S/C12H17N3O2/c1-3-12(5-4-6-12)15-10-8-13-9(7-14-10)11(16)17-2/h7-8H,3-6H2,1-2H3,(H,14,15). The Labute approximate surface area is 101 Å². The molecule has 5 heteroatoms. The number of methoxy groups -OCH3 is 1. The second-order valence-electron chi connectivity index (χ2n) is 4.39. The minimum absolute atomic E-state index is 0.182. The molecule has 17 heavy (non-hydrogen) atoms. The van der Waals surface area contributed by atoms with Crippen LogP contribution in [0.3, 0.4) is 0 Å². The van der Waals surface area contributed by atoms with Gasteiger partial charge in [0.2, 0.25) is 0 Å². The Kier molecular flexibility index (Phi) is 3.26. The third-order valence-corrected chi connectivity index (χ3v) is 3.43. The Morgan fingerprint density at radius 2 is 2.24 bits per heavy atom. The van der Waals surface area contributed by atoms with Crippen molar-refractivity contribution in [1.29, 1.82) is 0 Å². The average Bonchev–Trinajstić information content (AvgIpc) is 2.33. The Morgan fingerprint density at radius 1 is 1.47 bits per heavy atom. The summed E-state index contributed by atoms with van der Waals surface area (Å²) in [5.74, 6) is 0.261. The highest BCUT2D eigenvalue weighted by atomic mass is 16.5. The number of carbonyl (C=O) groups excluding carboxylic acids is 1. The molecule has 0 atom stereocenters. The van der Waals surface area contributed by atoms with Crippen LogP contribution in [0, 0.1) is 0 Å². The normalized spacial score (nSPS) is 17.1. The number of aromatic nitrogens is 2. The van der Waals surface area contributed by atoms with Gasteiger partial charge in [-0.2, -0.15) is 0 Å². The van der Waals surface area contributed by atoms with Crippen molar-refractivity contribution in [2.24, 2.45) is 0 Å². The van der Waals surface area contributed by atoms with Gasteiger partial charge in [0.05, 0.1) is 19.5 Å². The third-order valence-electron chi connectivity index (χ3n) is 3.43. The molecule has 1 heterocycles. The highest BCUT2D eigenvalue weighted by Gasteiger charge is 2.35. The second-order valence-corrected chi connectivity index (χ2v) is 4.39. The molecule has 1 aromatic heterocycles. The number of nitrogens with one attached hydrogen (secondary N) is 1. The molecule has 0 unspecified atom stereocenters. The molecule has 1 fully saturated rings. The molecular weight excluding hydrogens is 218 g/mol. The van der Waals surface area contributed by atoms with E-state index in [0.29, 0.717) is 0 Å². The SMILES string of the molecule is CCC1(Nc2cnc(C(=O)OC)cn2)CCC1. The number of nitrogens with zero attached hydrogens (tertiary/aromatic N) is 2. The van der Waals surface area contributed by atoms with Crippen molar-refractivity contribution in [3.63, 3.8) is 0 Å². The van der Waals surface area contributed by atoms with Crippen molar-refractivity contribution in [3.8, 4) is 0 Å². The smallest absolute Gasteiger partial charge is 0.358 e. The summed E-state index contributed by atoms with van der Waals surface area (Å²) in [5.41, 5.74) is 0.416. The number of ether oxygens (including phenoxy) is 1. The molecule has 1 N–H and O–H groups in total. The first-order valence-electron chi connectivity index (χ1n) is 5.88. The fourth-order valence-corrected chi connectivity index (χ4v) is 2.04. The Balaban J connectivity index is 2.05. The molecule has 5 nitrogen and oxygen atoms in total. The van der Waals surface area contributed by atoms with E-state index in [1.807, 2.05) is 0 Å². The van der Waals surface area contributed by atoms with Gasteiger partial charge in [-0.15, -0.1) is 0 Å². The molecule has 1 saturated carbocycles. The Bertz CT molecular complexity index is 393. The van der Waals surface area contributed by atoms with E-state index in [-0.39, 0.29) is 11.2 Å². The van der Waals surface area contributed by atoms with Gasteiger partial charge >= 0.3 is 5.97 Å². The summed E-state index contributed by atoms with van der Waals surface area (Å²) in [6, 6.07) is 0. The molecule has 0 aromatic carbocycles.